The van der Waals surface area contributed by atoms with Crippen molar-refractivity contribution in [3.05, 3.63) is 45.7 Å². The molecule has 0 bridgehead atoms. The minimum Gasteiger partial charge on any atom is -0.743 e. The van der Waals surface area contributed by atoms with Crippen molar-refractivity contribution in [3.63, 3.8) is 0 Å². The van der Waals surface area contributed by atoms with Crippen LogP contribution in [0.5, 0.6) is 11.5 Å². The second kappa shape index (κ2) is 13.9. The molecule has 212 valence electrons. The van der Waals surface area contributed by atoms with Crippen molar-refractivity contribution >= 4 is 163 Å². The molecule has 2 atom stereocenters. The molecule has 0 radical (unpaired) electrons. The summed E-state index contributed by atoms with van der Waals surface area (Å²) in [6, 6.07) is 7.01. The summed E-state index contributed by atoms with van der Waals surface area (Å²) in [5.74, 6) is -7.70. The minimum absolute atomic E-state index is 0.188. The number of ketones is 1. The van der Waals surface area contributed by atoms with Gasteiger partial charge < -0.3 is 14.0 Å². The number of alkyl halides is 2. The lowest BCUT2D eigenvalue weighted by Gasteiger charge is -2.33. The van der Waals surface area contributed by atoms with E-state index in [2.05, 4.69) is 45.2 Å². The first-order valence-electron chi connectivity index (χ1n) is 10.5. The van der Waals surface area contributed by atoms with E-state index in [9.17, 15) is 36.1 Å². The van der Waals surface area contributed by atoms with Gasteiger partial charge in [0.15, 0.2) is 21.6 Å². The van der Waals surface area contributed by atoms with E-state index >= 15 is 0 Å². The van der Waals surface area contributed by atoms with E-state index in [0.717, 1.165) is 7.14 Å². The summed E-state index contributed by atoms with van der Waals surface area (Å²) < 4.78 is 77.2. The molecular weight excluding hydrogens is 1220 g/mol. The second-order valence-corrected chi connectivity index (χ2v) is 16.9. The molecule has 1 aliphatic carbocycles. The molecule has 2 aromatic rings. The first-order chi connectivity index (χ1) is 17.9. The van der Waals surface area contributed by atoms with Gasteiger partial charge in [0.25, 0.3) is 0 Å². The molecule has 17 heteroatoms. The predicted molar refractivity (Wildman–Crippen MR) is 184 cm³/mol. The highest BCUT2D eigenvalue weighted by Crippen LogP contribution is 2.41. The number of Topliss-reactive ketones (excluding diaryl/α,β-unsaturated/α-hetero) is 1. The van der Waals surface area contributed by atoms with Crippen molar-refractivity contribution < 1.29 is 45.6 Å². The van der Waals surface area contributed by atoms with Crippen LogP contribution in [0.1, 0.15) is 19.3 Å². The van der Waals surface area contributed by atoms with E-state index < -0.39 is 63.7 Å². The SMILES string of the molecule is O=C(Oc1c(I)cc(I)cc1I)C1CC(C(=O)Oc2c(I)cc(I)cc2I)CC(C(=O)C(F)(F)S(=O)(=O)[O-])C1. The fourth-order valence-corrected chi connectivity index (χ4v) is 11.9. The zero-order chi connectivity index (χ0) is 29.4. The average molecular weight is 1240 g/mol. The molecule has 2 aromatic carbocycles. The Morgan fingerprint density at radius 1 is 0.718 bits per heavy atom. The van der Waals surface area contributed by atoms with Crippen molar-refractivity contribution in [3.8, 4) is 11.5 Å². The van der Waals surface area contributed by atoms with Crippen molar-refractivity contribution in [2.24, 2.45) is 17.8 Å². The van der Waals surface area contributed by atoms with E-state index in [0.29, 0.717) is 14.3 Å². The Morgan fingerprint density at radius 2 is 1.03 bits per heavy atom. The molecule has 0 aliphatic heterocycles. The Kier molecular flexibility index (Phi) is 12.3. The number of ether oxygens (including phenoxy) is 2. The van der Waals surface area contributed by atoms with Gasteiger partial charge in [0.05, 0.1) is 26.1 Å². The van der Waals surface area contributed by atoms with E-state index in [-0.39, 0.29) is 17.9 Å². The van der Waals surface area contributed by atoms with Gasteiger partial charge in [0.1, 0.15) is 0 Å². The highest BCUT2D eigenvalue weighted by Gasteiger charge is 2.52. The van der Waals surface area contributed by atoms with Crippen LogP contribution in [0.4, 0.5) is 8.78 Å². The standard InChI is InChI=1S/C22H14F2I6O8S/c23-22(24,39(34,35)36)19(31)8-1-9(20(32)37-17-13(27)4-11(25)5-14(17)28)3-10(2-8)21(33)38-18-15(29)6-12(26)7-16(18)30/h4-10H,1-3H2,(H,34,35,36)/p-1. The Morgan fingerprint density at radius 3 is 1.33 bits per heavy atom. The van der Waals surface area contributed by atoms with Crippen LogP contribution < -0.4 is 9.47 Å². The first kappa shape index (κ1) is 34.7. The molecule has 1 aliphatic rings. The van der Waals surface area contributed by atoms with Crippen LogP contribution in [0.15, 0.2) is 24.3 Å². The van der Waals surface area contributed by atoms with Gasteiger partial charge >= 0.3 is 17.2 Å². The highest BCUT2D eigenvalue weighted by molar-refractivity contribution is 14.1. The summed E-state index contributed by atoms with van der Waals surface area (Å²) in [6.45, 7) is 0. The Hall–Kier alpha value is 1.20. The molecule has 8 nitrogen and oxygen atoms in total. The number of halogens is 8. The van der Waals surface area contributed by atoms with Gasteiger partial charge in [-0.2, -0.15) is 8.78 Å². The molecule has 0 N–H and O–H groups in total. The molecule has 0 heterocycles. The summed E-state index contributed by atoms with van der Waals surface area (Å²) in [5, 5.41) is -5.22. The van der Waals surface area contributed by atoms with Crippen molar-refractivity contribution in [2.75, 3.05) is 0 Å². The second-order valence-electron chi connectivity index (χ2n) is 8.37. The van der Waals surface area contributed by atoms with Crippen LogP contribution in [0.3, 0.4) is 0 Å². The Bertz CT molecular complexity index is 1330. The maximum atomic E-state index is 14.3. The summed E-state index contributed by atoms with van der Waals surface area (Å²) in [6.07, 6.45) is -1.24. The van der Waals surface area contributed by atoms with Gasteiger partial charge in [-0.25, -0.2) is 8.42 Å². The summed E-state index contributed by atoms with van der Waals surface area (Å²) in [7, 11) is -6.32. The van der Waals surface area contributed by atoms with Crippen LogP contribution in [-0.2, 0) is 24.5 Å². The highest BCUT2D eigenvalue weighted by atomic mass is 127. The van der Waals surface area contributed by atoms with E-state index in [1.807, 2.05) is 90.4 Å². The zero-order valence-corrected chi connectivity index (χ0v) is 32.6. The quantitative estimate of drug-likeness (QED) is 0.132. The van der Waals surface area contributed by atoms with Crippen LogP contribution in [0.25, 0.3) is 0 Å². The van der Waals surface area contributed by atoms with Gasteiger partial charge in [-0.3, -0.25) is 14.4 Å². The van der Waals surface area contributed by atoms with Crippen molar-refractivity contribution in [1.82, 2.24) is 0 Å². The number of hydrogen-bond donors (Lipinski definition) is 0. The normalized spacial score (nSPS) is 19.9. The minimum atomic E-state index is -6.32. The number of rotatable bonds is 7. The van der Waals surface area contributed by atoms with Gasteiger partial charge in [-0.1, -0.05) is 0 Å². The number of benzene rings is 2. The largest absolute Gasteiger partial charge is 0.743 e. The van der Waals surface area contributed by atoms with Crippen LogP contribution in [0.2, 0.25) is 0 Å². The number of esters is 2. The molecule has 0 saturated heterocycles. The Balaban J connectivity index is 1.94. The maximum Gasteiger partial charge on any atom is 0.391 e. The van der Waals surface area contributed by atoms with Gasteiger partial charge in [0, 0.05) is 13.1 Å². The topological polar surface area (TPSA) is 127 Å². The molecule has 39 heavy (non-hydrogen) atoms. The molecule has 1 fully saturated rings. The lowest BCUT2D eigenvalue weighted by atomic mass is 9.73. The molecule has 1 saturated carbocycles. The summed E-state index contributed by atoms with van der Waals surface area (Å²) >= 11 is 12.0. The molecule has 0 spiro atoms. The van der Waals surface area contributed by atoms with Crippen LogP contribution >= 0.6 is 136 Å². The molecule has 0 aromatic heterocycles. The van der Waals surface area contributed by atoms with Gasteiger partial charge in [0.2, 0.25) is 5.78 Å². The van der Waals surface area contributed by atoms with Crippen molar-refractivity contribution in [2.45, 2.75) is 24.5 Å². The fourth-order valence-electron chi connectivity index (χ4n) is 3.90. The third kappa shape index (κ3) is 8.43. The first-order valence-corrected chi connectivity index (χ1v) is 18.4. The van der Waals surface area contributed by atoms with E-state index in [1.54, 1.807) is 24.3 Å². The number of carbonyl (C=O) groups excluding carboxylic acids is 3. The fraction of sp³-hybridized carbons (Fsp3) is 0.318. The molecule has 2 unspecified atom stereocenters. The number of carbonyl (C=O) groups is 3. The van der Waals surface area contributed by atoms with Crippen LogP contribution in [0, 0.1) is 39.2 Å². The lowest BCUT2D eigenvalue weighted by Crippen LogP contribution is -2.46. The monoisotopic (exact) mass is 1240 g/mol. The molecule has 3 rings (SSSR count). The summed E-state index contributed by atoms with van der Waals surface area (Å²) in [5.41, 5.74) is 0. The van der Waals surface area contributed by atoms with E-state index in [1.165, 1.54) is 0 Å². The molecular formula is C22H13F2I6O8S-. The van der Waals surface area contributed by atoms with Gasteiger partial charge in [-0.15, -0.1) is 0 Å². The number of hydrogen-bond acceptors (Lipinski definition) is 8. The van der Waals surface area contributed by atoms with Crippen molar-refractivity contribution in [1.29, 1.82) is 0 Å². The van der Waals surface area contributed by atoms with Gasteiger partial charge in [-0.05, 0) is 179 Å². The third-order valence-corrected chi connectivity index (χ3v) is 11.0. The maximum absolute atomic E-state index is 14.3. The van der Waals surface area contributed by atoms with Crippen LogP contribution in [-0.4, -0.2) is 35.9 Å². The average Bonchev–Trinajstić information content (AvgIpc) is 2.81. The lowest BCUT2D eigenvalue weighted by molar-refractivity contribution is -0.150. The van der Waals surface area contributed by atoms with E-state index in [4.69, 9.17) is 9.47 Å². The third-order valence-electron chi connectivity index (χ3n) is 5.68. The smallest absolute Gasteiger partial charge is 0.391 e. The molecule has 0 amide bonds. The predicted octanol–water partition coefficient (Wildman–Crippen LogP) is 6.56. The Labute approximate surface area is 303 Å². The zero-order valence-electron chi connectivity index (χ0n) is 18.9. The summed E-state index contributed by atoms with van der Waals surface area (Å²) in [4.78, 5) is 38.9.